The zero-order valence-electron chi connectivity index (χ0n) is 12.6. The van der Waals surface area contributed by atoms with Crippen molar-refractivity contribution in [3.05, 3.63) is 35.4 Å². The molecule has 0 aromatic heterocycles. The average molecular weight is 337 g/mol. The summed E-state index contributed by atoms with van der Waals surface area (Å²) >= 11 is 0. The van der Waals surface area contributed by atoms with Gasteiger partial charge in [0.1, 0.15) is 0 Å². The fraction of sp³-hybridized carbons (Fsp3) is 0.467. The Kier molecular flexibility index (Phi) is 4.22. The molecule has 1 aromatic carbocycles. The van der Waals surface area contributed by atoms with Gasteiger partial charge >= 0.3 is 0 Å². The Balaban J connectivity index is 1.67. The Morgan fingerprint density at radius 1 is 1.04 bits per heavy atom. The Morgan fingerprint density at radius 2 is 1.57 bits per heavy atom. The maximum absolute atomic E-state index is 12.4. The van der Waals surface area contributed by atoms with Crippen LogP contribution in [0.4, 0.5) is 0 Å². The molecule has 124 valence electrons. The Labute approximate surface area is 135 Å². The molecule has 0 atom stereocenters. The Bertz CT molecular complexity index is 704. The van der Waals surface area contributed by atoms with Gasteiger partial charge in [-0.25, -0.2) is 12.7 Å². The third kappa shape index (κ3) is 3.01. The van der Waals surface area contributed by atoms with E-state index in [4.69, 9.17) is 5.73 Å². The summed E-state index contributed by atoms with van der Waals surface area (Å²) in [6.45, 7) is 0.661. The van der Waals surface area contributed by atoms with Crippen LogP contribution < -0.4 is 5.73 Å². The number of nitrogens with zero attached hydrogens (tertiary/aromatic N) is 2. The predicted octanol–water partition coefficient (Wildman–Crippen LogP) is 0.0355. The molecule has 23 heavy (non-hydrogen) atoms. The zero-order chi connectivity index (χ0) is 16.6. The molecule has 1 fully saturated rings. The molecule has 0 aliphatic carbocycles. The van der Waals surface area contributed by atoms with Gasteiger partial charge in [0.15, 0.2) is 0 Å². The van der Waals surface area contributed by atoms with Crippen LogP contribution in [0.2, 0.25) is 0 Å². The first-order valence-electron chi connectivity index (χ1n) is 7.59. The van der Waals surface area contributed by atoms with Crippen molar-refractivity contribution in [2.75, 3.05) is 25.4 Å². The highest BCUT2D eigenvalue weighted by atomic mass is 32.2. The van der Waals surface area contributed by atoms with Crippen LogP contribution >= 0.6 is 0 Å². The number of imide groups is 1. The van der Waals surface area contributed by atoms with Crippen molar-refractivity contribution in [1.29, 1.82) is 0 Å². The lowest BCUT2D eigenvalue weighted by Gasteiger charge is -2.29. The van der Waals surface area contributed by atoms with Gasteiger partial charge in [-0.1, -0.05) is 12.1 Å². The quantitative estimate of drug-likeness (QED) is 0.782. The number of hydrogen-bond acceptors (Lipinski definition) is 5. The van der Waals surface area contributed by atoms with Gasteiger partial charge in [-0.15, -0.1) is 0 Å². The topological polar surface area (TPSA) is 101 Å². The number of carbonyl (C=O) groups excluding carboxylic acids is 2. The molecule has 0 spiro atoms. The molecule has 2 N–H and O–H groups in total. The molecular weight excluding hydrogens is 318 g/mol. The molecule has 2 aliphatic heterocycles. The molecule has 7 nitrogen and oxygen atoms in total. The number of hydrogen-bond donors (Lipinski definition) is 1. The summed E-state index contributed by atoms with van der Waals surface area (Å²) in [6, 6.07) is 6.56. The summed E-state index contributed by atoms with van der Waals surface area (Å²) < 4.78 is 26.1. The van der Waals surface area contributed by atoms with Gasteiger partial charge in [0.25, 0.3) is 11.8 Å². The van der Waals surface area contributed by atoms with Gasteiger partial charge in [-0.3, -0.25) is 14.5 Å². The fourth-order valence-corrected chi connectivity index (χ4v) is 4.37. The third-order valence-electron chi connectivity index (χ3n) is 4.34. The molecule has 1 saturated heterocycles. The van der Waals surface area contributed by atoms with E-state index in [1.54, 1.807) is 24.3 Å². The Morgan fingerprint density at radius 3 is 2.09 bits per heavy atom. The second kappa shape index (κ2) is 6.03. The number of amides is 2. The van der Waals surface area contributed by atoms with Gasteiger partial charge in [0.2, 0.25) is 10.0 Å². The first-order valence-corrected chi connectivity index (χ1v) is 9.20. The van der Waals surface area contributed by atoms with Crippen LogP contribution in [0.3, 0.4) is 0 Å². The van der Waals surface area contributed by atoms with Gasteiger partial charge in [0, 0.05) is 25.7 Å². The minimum Gasteiger partial charge on any atom is -0.328 e. The van der Waals surface area contributed by atoms with Crippen LogP contribution in [0.1, 0.15) is 33.6 Å². The Hall–Kier alpha value is -1.77. The summed E-state index contributed by atoms with van der Waals surface area (Å²) in [5.41, 5.74) is 6.44. The van der Waals surface area contributed by atoms with E-state index in [2.05, 4.69) is 0 Å². The summed E-state index contributed by atoms with van der Waals surface area (Å²) in [5.74, 6) is -1.11. The summed E-state index contributed by atoms with van der Waals surface area (Å²) in [6.07, 6.45) is 1.26. The number of rotatable bonds is 4. The average Bonchev–Trinajstić information content (AvgIpc) is 2.78. The second-order valence-corrected chi connectivity index (χ2v) is 7.95. The van der Waals surface area contributed by atoms with Crippen LogP contribution in [0.5, 0.6) is 0 Å². The first kappa shape index (κ1) is 16.1. The smallest absolute Gasteiger partial charge is 0.261 e. The van der Waals surface area contributed by atoms with E-state index in [0.29, 0.717) is 37.1 Å². The largest absolute Gasteiger partial charge is 0.328 e. The van der Waals surface area contributed by atoms with Crippen LogP contribution in [0, 0.1) is 0 Å². The molecule has 0 bridgehead atoms. The van der Waals surface area contributed by atoms with E-state index >= 15 is 0 Å². The molecule has 2 amide bonds. The van der Waals surface area contributed by atoms with E-state index in [1.807, 2.05) is 0 Å². The van der Waals surface area contributed by atoms with Gasteiger partial charge in [-0.2, -0.15) is 0 Å². The van der Waals surface area contributed by atoms with Crippen molar-refractivity contribution in [1.82, 2.24) is 9.21 Å². The first-order chi connectivity index (χ1) is 10.9. The monoisotopic (exact) mass is 337 g/mol. The van der Waals surface area contributed by atoms with E-state index in [9.17, 15) is 18.0 Å². The van der Waals surface area contributed by atoms with Crippen LogP contribution in [0.15, 0.2) is 24.3 Å². The molecule has 1 aromatic rings. The highest BCUT2D eigenvalue weighted by molar-refractivity contribution is 7.89. The number of nitrogens with two attached hydrogens (primary N) is 1. The van der Waals surface area contributed by atoms with Crippen molar-refractivity contribution in [2.24, 2.45) is 5.73 Å². The summed E-state index contributed by atoms with van der Waals surface area (Å²) in [5, 5.41) is 0. The van der Waals surface area contributed by atoms with Crippen molar-refractivity contribution in [3.8, 4) is 0 Å². The minimum atomic E-state index is -3.50. The molecule has 3 rings (SSSR count). The lowest BCUT2D eigenvalue weighted by Crippen LogP contribution is -2.45. The molecule has 0 radical (unpaired) electrons. The zero-order valence-corrected chi connectivity index (χ0v) is 13.5. The molecule has 2 heterocycles. The summed E-state index contributed by atoms with van der Waals surface area (Å²) in [7, 11) is -3.50. The van der Waals surface area contributed by atoms with Crippen LogP contribution in [0.25, 0.3) is 0 Å². The highest BCUT2D eigenvalue weighted by Crippen LogP contribution is 2.22. The number of piperidine rings is 1. The SMILES string of the molecule is NC1CCN(S(=O)(=O)CCN2C(=O)c3ccccc3C2=O)CC1. The van der Waals surface area contributed by atoms with Gasteiger partial charge < -0.3 is 5.73 Å². The van der Waals surface area contributed by atoms with Crippen molar-refractivity contribution >= 4 is 21.8 Å². The number of fused-ring (bicyclic) bond motifs is 1. The van der Waals surface area contributed by atoms with E-state index in [-0.39, 0.29) is 18.3 Å². The van der Waals surface area contributed by atoms with Crippen molar-refractivity contribution in [2.45, 2.75) is 18.9 Å². The number of carbonyl (C=O) groups is 2. The summed E-state index contributed by atoms with van der Waals surface area (Å²) in [4.78, 5) is 25.5. The van der Waals surface area contributed by atoms with Crippen molar-refractivity contribution < 1.29 is 18.0 Å². The second-order valence-electron chi connectivity index (χ2n) is 5.86. The lowest BCUT2D eigenvalue weighted by atomic mass is 10.1. The van der Waals surface area contributed by atoms with E-state index < -0.39 is 21.8 Å². The van der Waals surface area contributed by atoms with E-state index in [0.717, 1.165) is 4.90 Å². The fourth-order valence-electron chi connectivity index (χ4n) is 2.93. The highest BCUT2D eigenvalue weighted by Gasteiger charge is 2.36. The van der Waals surface area contributed by atoms with Crippen LogP contribution in [-0.4, -0.2) is 60.9 Å². The normalized spacial score (nSPS) is 20.1. The maximum Gasteiger partial charge on any atom is 0.261 e. The number of benzene rings is 1. The molecule has 8 heteroatoms. The van der Waals surface area contributed by atoms with Gasteiger partial charge in [0.05, 0.1) is 16.9 Å². The molecule has 0 saturated carbocycles. The maximum atomic E-state index is 12.4. The predicted molar refractivity (Wildman–Crippen MR) is 84.4 cm³/mol. The standard InChI is InChI=1S/C15H19N3O4S/c16-11-5-7-17(8-6-11)23(21,22)10-9-18-14(19)12-3-1-2-4-13(12)15(18)20/h1-4,11H,5-10,16H2. The van der Waals surface area contributed by atoms with Crippen LogP contribution in [-0.2, 0) is 10.0 Å². The minimum absolute atomic E-state index is 0.0395. The van der Waals surface area contributed by atoms with Crippen molar-refractivity contribution in [3.63, 3.8) is 0 Å². The molecular formula is C15H19N3O4S. The van der Waals surface area contributed by atoms with E-state index in [1.165, 1.54) is 4.31 Å². The third-order valence-corrected chi connectivity index (χ3v) is 6.19. The molecule has 0 unspecified atom stereocenters. The number of sulfonamides is 1. The lowest BCUT2D eigenvalue weighted by molar-refractivity contribution is 0.0663. The van der Waals surface area contributed by atoms with Gasteiger partial charge in [-0.05, 0) is 25.0 Å². The molecule has 2 aliphatic rings.